The van der Waals surface area contributed by atoms with Crippen LogP contribution in [0.5, 0.6) is 0 Å². The van der Waals surface area contributed by atoms with Crippen LogP contribution < -0.4 is 4.89 Å². The zero-order valence-corrected chi connectivity index (χ0v) is 15.5. The first-order valence-electron chi connectivity index (χ1n) is 6.10. The van der Waals surface area contributed by atoms with Crippen LogP contribution in [0.1, 0.15) is 33.8 Å². The maximum atomic E-state index is 11.0. The standard InChI is InChI=1S/C11H16O4P.C2H6.CH4.Y/c1-2-14-16(12,13)15-10-6-9-11-7-4-3-5-8-11;1-2;;/h3-8H,2,9-10H2,1H3,(H,12,13);1-2H3;1H4;/q-1;;;/p-1. The quantitative estimate of drug-likeness (QED) is 0.414. The predicted molar refractivity (Wildman–Crippen MR) is 77.7 cm³/mol. The zero-order valence-electron chi connectivity index (χ0n) is 11.7. The maximum Gasteiger partial charge on any atom is 0.265 e. The molecule has 1 aromatic rings. The molecule has 0 aliphatic heterocycles. The molecule has 20 heavy (non-hydrogen) atoms. The minimum Gasteiger partial charge on any atom is -0.756 e. The molecule has 1 unspecified atom stereocenters. The summed E-state index contributed by atoms with van der Waals surface area (Å²) in [6.07, 6.45) is 2.42. The zero-order chi connectivity index (χ0) is 13.9. The molecule has 0 aromatic heterocycles. The van der Waals surface area contributed by atoms with Gasteiger partial charge >= 0.3 is 0 Å². The second kappa shape index (κ2) is 15.8. The molecule has 0 N–H and O–H groups in total. The molecule has 1 aromatic carbocycles. The van der Waals surface area contributed by atoms with Crippen molar-refractivity contribution in [3.8, 4) is 0 Å². The fraction of sp³-hybridized carbons (Fsp3) is 0.500. The SMILES string of the molecule is C.CC.CCOP(=O)([O-])OC[CH-]Cc1ccccc1.[Y]. The van der Waals surface area contributed by atoms with Gasteiger partial charge in [-0.1, -0.05) is 63.8 Å². The van der Waals surface area contributed by atoms with Gasteiger partial charge in [0.15, 0.2) is 0 Å². The Hall–Kier alpha value is 0.434. The van der Waals surface area contributed by atoms with Crippen LogP contribution >= 0.6 is 7.82 Å². The molecule has 1 rings (SSSR count). The van der Waals surface area contributed by atoms with Gasteiger partial charge in [-0.2, -0.15) is 6.42 Å². The summed E-state index contributed by atoms with van der Waals surface area (Å²) < 4.78 is 20.1. The summed E-state index contributed by atoms with van der Waals surface area (Å²) in [5, 5.41) is 0. The predicted octanol–water partition coefficient (Wildman–Crippen LogP) is 3.61. The summed E-state index contributed by atoms with van der Waals surface area (Å²) in [5.41, 5.74) is 1.11. The molecule has 1 atom stereocenters. The average Bonchev–Trinajstić information content (AvgIpc) is 2.38. The first kappa shape index (κ1) is 25.4. The normalized spacial score (nSPS) is 12.0. The van der Waals surface area contributed by atoms with Crippen LogP contribution in [0.15, 0.2) is 30.3 Å². The minimum absolute atomic E-state index is 0. The number of rotatable bonds is 7. The maximum absolute atomic E-state index is 11.0. The van der Waals surface area contributed by atoms with Crippen molar-refractivity contribution in [1.82, 2.24) is 0 Å². The molecule has 1 radical (unpaired) electrons. The van der Waals surface area contributed by atoms with E-state index in [1.54, 1.807) is 13.3 Å². The Morgan fingerprint density at radius 3 is 2.25 bits per heavy atom. The van der Waals surface area contributed by atoms with E-state index in [9.17, 15) is 9.46 Å². The monoisotopic (exact) mass is 377 g/mol. The van der Waals surface area contributed by atoms with Gasteiger partial charge in [-0.25, -0.2) is 0 Å². The van der Waals surface area contributed by atoms with Crippen molar-refractivity contribution >= 4 is 7.82 Å². The number of phosphoric ester groups is 1. The van der Waals surface area contributed by atoms with Gasteiger partial charge in [-0.05, 0) is 6.92 Å². The van der Waals surface area contributed by atoms with Gasteiger partial charge in [0.2, 0.25) is 0 Å². The molecule has 0 aliphatic rings. The Kier molecular flexibility index (Phi) is 20.1. The Balaban J connectivity index is -0.000000689. The number of hydrogen-bond donors (Lipinski definition) is 0. The summed E-state index contributed by atoms with van der Waals surface area (Å²) >= 11 is 0. The van der Waals surface area contributed by atoms with Crippen molar-refractivity contribution in [3.63, 3.8) is 0 Å². The molecule has 6 heteroatoms. The molecule has 0 aliphatic carbocycles. The van der Waals surface area contributed by atoms with Crippen LogP contribution in [0.2, 0.25) is 0 Å². The fourth-order valence-corrected chi connectivity index (χ4v) is 1.86. The summed E-state index contributed by atoms with van der Waals surface area (Å²) in [4.78, 5) is 11.0. The number of benzene rings is 1. The van der Waals surface area contributed by atoms with E-state index in [4.69, 9.17) is 0 Å². The topological polar surface area (TPSA) is 58.6 Å². The van der Waals surface area contributed by atoms with Gasteiger partial charge in [-0.15, -0.1) is 0 Å². The van der Waals surface area contributed by atoms with Crippen LogP contribution in [0.4, 0.5) is 0 Å². The van der Waals surface area contributed by atoms with E-state index >= 15 is 0 Å². The van der Waals surface area contributed by atoms with Crippen LogP contribution in [0, 0.1) is 6.42 Å². The van der Waals surface area contributed by atoms with Crippen molar-refractivity contribution in [3.05, 3.63) is 42.3 Å². The van der Waals surface area contributed by atoms with Crippen molar-refractivity contribution < 1.29 is 51.2 Å². The molecule has 0 spiro atoms. The third-order valence-electron chi connectivity index (χ3n) is 1.86. The Morgan fingerprint density at radius 1 is 1.20 bits per heavy atom. The summed E-state index contributed by atoms with van der Waals surface area (Å²) in [5.74, 6) is 0. The summed E-state index contributed by atoms with van der Waals surface area (Å²) in [7, 11) is -4.10. The molecular weight excluding hydrogens is 352 g/mol. The summed E-state index contributed by atoms with van der Waals surface area (Å²) in [6, 6.07) is 9.73. The van der Waals surface area contributed by atoms with E-state index in [-0.39, 0.29) is 53.3 Å². The third-order valence-corrected chi connectivity index (χ3v) is 2.90. The van der Waals surface area contributed by atoms with Crippen LogP contribution in [-0.4, -0.2) is 13.2 Å². The first-order valence-corrected chi connectivity index (χ1v) is 7.56. The number of hydrogen-bond acceptors (Lipinski definition) is 4. The van der Waals surface area contributed by atoms with E-state index in [1.807, 2.05) is 44.2 Å². The molecule has 0 saturated carbocycles. The van der Waals surface area contributed by atoms with E-state index in [1.165, 1.54) is 0 Å². The van der Waals surface area contributed by atoms with E-state index in [0.29, 0.717) is 6.42 Å². The molecule has 115 valence electrons. The molecule has 0 heterocycles. The molecular formula is C14H25O4PY-2. The number of phosphoric acid groups is 1. The van der Waals surface area contributed by atoms with Crippen LogP contribution in [0.3, 0.4) is 0 Å². The van der Waals surface area contributed by atoms with Gasteiger partial charge in [-0.3, -0.25) is 11.0 Å². The second-order valence-corrected chi connectivity index (χ2v) is 4.55. The molecule has 0 fully saturated rings. The molecule has 0 saturated heterocycles. The average molecular weight is 377 g/mol. The largest absolute Gasteiger partial charge is 0.756 e. The van der Waals surface area contributed by atoms with Crippen molar-refractivity contribution in [1.29, 1.82) is 0 Å². The van der Waals surface area contributed by atoms with Crippen LogP contribution in [0.25, 0.3) is 0 Å². The van der Waals surface area contributed by atoms with Gasteiger partial charge in [0, 0.05) is 32.7 Å². The van der Waals surface area contributed by atoms with Crippen molar-refractivity contribution in [2.45, 2.75) is 34.6 Å². The van der Waals surface area contributed by atoms with Crippen molar-refractivity contribution in [2.75, 3.05) is 13.2 Å². The van der Waals surface area contributed by atoms with Gasteiger partial charge in [0.25, 0.3) is 7.82 Å². The fourth-order valence-electron chi connectivity index (χ4n) is 1.18. The third kappa shape index (κ3) is 13.4. The van der Waals surface area contributed by atoms with E-state index < -0.39 is 7.82 Å². The Bertz CT molecular complexity index is 346. The van der Waals surface area contributed by atoms with Crippen molar-refractivity contribution in [2.24, 2.45) is 0 Å². The van der Waals surface area contributed by atoms with Gasteiger partial charge in [0.05, 0.1) is 6.61 Å². The molecule has 0 amide bonds. The smallest absolute Gasteiger partial charge is 0.265 e. The first-order chi connectivity index (χ1) is 8.64. The van der Waals surface area contributed by atoms with Crippen LogP contribution in [-0.2, 0) is 52.7 Å². The van der Waals surface area contributed by atoms with Gasteiger partial charge in [0.1, 0.15) is 0 Å². The minimum atomic E-state index is -4.10. The summed E-state index contributed by atoms with van der Waals surface area (Å²) in [6.45, 7) is 5.73. The van der Waals surface area contributed by atoms with E-state index in [2.05, 4.69) is 9.05 Å². The molecule has 4 nitrogen and oxygen atoms in total. The second-order valence-electron chi connectivity index (χ2n) is 3.14. The Morgan fingerprint density at radius 2 is 1.75 bits per heavy atom. The molecule has 0 bridgehead atoms. The van der Waals surface area contributed by atoms with E-state index in [0.717, 1.165) is 5.56 Å². The van der Waals surface area contributed by atoms with Gasteiger partial charge < -0.3 is 13.9 Å². The Labute approximate surface area is 148 Å².